The largest absolute Gasteiger partial charge is 0.338 e. The summed E-state index contributed by atoms with van der Waals surface area (Å²) in [6.45, 7) is 6.13. The molecule has 0 aliphatic carbocycles. The number of anilines is 3. The highest BCUT2D eigenvalue weighted by Gasteiger charge is 2.35. The zero-order chi connectivity index (χ0) is 20.4. The van der Waals surface area contributed by atoms with Gasteiger partial charge in [-0.3, -0.25) is 9.59 Å². The standard InChI is InChI=1S/C21H26N6O2/c1-15-3-5-18(6-4-15)27-14-16(11-19(27)28)20(29)24-17-12-22-21(23-13-17)26-9-7-25(2)8-10-26/h3-6,12-13,16H,7-11,14H2,1-2H3,(H,24,29). The Morgan fingerprint density at radius 1 is 1.07 bits per heavy atom. The Balaban J connectivity index is 1.35. The lowest BCUT2D eigenvalue weighted by molar-refractivity contribution is -0.122. The maximum Gasteiger partial charge on any atom is 0.229 e. The van der Waals surface area contributed by atoms with E-state index >= 15 is 0 Å². The number of aryl methyl sites for hydroxylation is 1. The van der Waals surface area contributed by atoms with Crippen LogP contribution in [0.4, 0.5) is 17.3 Å². The van der Waals surface area contributed by atoms with Crippen LogP contribution in [0.15, 0.2) is 36.7 Å². The van der Waals surface area contributed by atoms with Gasteiger partial charge in [0.25, 0.3) is 0 Å². The zero-order valence-corrected chi connectivity index (χ0v) is 16.8. The van der Waals surface area contributed by atoms with Crippen molar-refractivity contribution in [2.24, 2.45) is 5.92 Å². The first kappa shape index (κ1) is 19.3. The molecular formula is C21H26N6O2. The van der Waals surface area contributed by atoms with Crippen molar-refractivity contribution < 1.29 is 9.59 Å². The number of aromatic nitrogens is 2. The predicted octanol–water partition coefficient (Wildman–Crippen LogP) is 1.53. The molecule has 0 spiro atoms. The van der Waals surface area contributed by atoms with E-state index in [4.69, 9.17) is 0 Å². The average Bonchev–Trinajstić information content (AvgIpc) is 3.12. The van der Waals surface area contributed by atoms with E-state index < -0.39 is 0 Å². The van der Waals surface area contributed by atoms with Gasteiger partial charge in [-0.05, 0) is 26.1 Å². The van der Waals surface area contributed by atoms with Gasteiger partial charge in [0.1, 0.15) is 0 Å². The molecule has 4 rings (SSSR count). The molecule has 1 aromatic heterocycles. The fraction of sp³-hybridized carbons (Fsp3) is 0.429. The number of rotatable bonds is 4. The Morgan fingerprint density at radius 3 is 2.38 bits per heavy atom. The summed E-state index contributed by atoms with van der Waals surface area (Å²) < 4.78 is 0. The summed E-state index contributed by atoms with van der Waals surface area (Å²) in [5, 5.41) is 2.85. The molecule has 2 aliphatic rings. The molecule has 2 amide bonds. The number of hydrogen-bond acceptors (Lipinski definition) is 6. The van der Waals surface area contributed by atoms with Crippen LogP contribution in [-0.4, -0.2) is 66.5 Å². The van der Waals surface area contributed by atoms with E-state index in [9.17, 15) is 9.59 Å². The number of nitrogens with one attached hydrogen (secondary N) is 1. The van der Waals surface area contributed by atoms with Gasteiger partial charge in [0, 0.05) is 44.8 Å². The van der Waals surface area contributed by atoms with Crippen LogP contribution in [0.1, 0.15) is 12.0 Å². The summed E-state index contributed by atoms with van der Waals surface area (Å²) in [5.74, 6) is 0.0818. The number of benzene rings is 1. The van der Waals surface area contributed by atoms with Crippen molar-refractivity contribution >= 4 is 29.1 Å². The maximum atomic E-state index is 12.7. The molecule has 8 heteroatoms. The van der Waals surface area contributed by atoms with Gasteiger partial charge in [-0.2, -0.15) is 0 Å². The second-order valence-electron chi connectivity index (χ2n) is 7.79. The van der Waals surface area contributed by atoms with Crippen LogP contribution < -0.4 is 15.1 Å². The molecule has 152 valence electrons. The molecule has 0 radical (unpaired) electrons. The van der Waals surface area contributed by atoms with E-state index in [0.29, 0.717) is 18.2 Å². The highest BCUT2D eigenvalue weighted by Crippen LogP contribution is 2.26. The van der Waals surface area contributed by atoms with Gasteiger partial charge in [0.2, 0.25) is 17.8 Å². The van der Waals surface area contributed by atoms with E-state index in [1.54, 1.807) is 17.3 Å². The van der Waals surface area contributed by atoms with Crippen molar-refractivity contribution in [2.45, 2.75) is 13.3 Å². The van der Waals surface area contributed by atoms with E-state index in [-0.39, 0.29) is 24.2 Å². The number of likely N-dealkylation sites (N-methyl/N-ethyl adjacent to an activating group) is 1. The predicted molar refractivity (Wildman–Crippen MR) is 112 cm³/mol. The minimum absolute atomic E-state index is 0.0318. The van der Waals surface area contributed by atoms with Crippen LogP contribution in [0, 0.1) is 12.8 Å². The SMILES string of the molecule is Cc1ccc(N2CC(C(=O)Nc3cnc(N4CCN(C)CC4)nc3)CC2=O)cc1. The summed E-state index contributed by atoms with van der Waals surface area (Å²) in [4.78, 5) is 39.9. The van der Waals surface area contributed by atoms with Gasteiger partial charge in [-0.1, -0.05) is 17.7 Å². The Bertz CT molecular complexity index is 875. The van der Waals surface area contributed by atoms with Crippen molar-refractivity contribution in [3.63, 3.8) is 0 Å². The number of amides is 2. The molecule has 0 bridgehead atoms. The van der Waals surface area contributed by atoms with E-state index in [1.165, 1.54) is 0 Å². The molecule has 1 N–H and O–H groups in total. The van der Waals surface area contributed by atoms with Crippen molar-refractivity contribution in [1.82, 2.24) is 14.9 Å². The monoisotopic (exact) mass is 394 g/mol. The van der Waals surface area contributed by atoms with Crippen molar-refractivity contribution in [3.05, 3.63) is 42.2 Å². The van der Waals surface area contributed by atoms with E-state index in [0.717, 1.165) is 37.4 Å². The first-order chi connectivity index (χ1) is 14.0. The minimum atomic E-state index is -0.388. The van der Waals surface area contributed by atoms with Gasteiger partial charge < -0.3 is 20.0 Å². The van der Waals surface area contributed by atoms with Gasteiger partial charge in [-0.15, -0.1) is 0 Å². The first-order valence-electron chi connectivity index (χ1n) is 9.93. The van der Waals surface area contributed by atoms with Gasteiger partial charge >= 0.3 is 0 Å². The van der Waals surface area contributed by atoms with Crippen LogP contribution in [-0.2, 0) is 9.59 Å². The lowest BCUT2D eigenvalue weighted by atomic mass is 10.1. The number of hydrogen-bond donors (Lipinski definition) is 1. The molecule has 1 unspecified atom stereocenters. The van der Waals surface area contributed by atoms with Crippen molar-refractivity contribution in [3.8, 4) is 0 Å². The third-order valence-electron chi connectivity index (χ3n) is 5.53. The Kier molecular flexibility index (Phi) is 5.44. The highest BCUT2D eigenvalue weighted by atomic mass is 16.2. The molecule has 1 aromatic carbocycles. The van der Waals surface area contributed by atoms with Crippen LogP contribution >= 0.6 is 0 Å². The normalized spacial score (nSPS) is 20.2. The number of carbonyl (C=O) groups excluding carboxylic acids is 2. The fourth-order valence-corrected chi connectivity index (χ4v) is 3.66. The molecule has 0 saturated carbocycles. The van der Waals surface area contributed by atoms with E-state index in [2.05, 4.69) is 32.1 Å². The topological polar surface area (TPSA) is 81.7 Å². The highest BCUT2D eigenvalue weighted by molar-refractivity contribution is 6.03. The Hall–Kier alpha value is -3.00. The van der Waals surface area contributed by atoms with Crippen molar-refractivity contribution in [2.75, 3.05) is 54.9 Å². The number of carbonyl (C=O) groups is 2. The number of nitrogens with zero attached hydrogens (tertiary/aromatic N) is 5. The summed E-state index contributed by atoms with van der Waals surface area (Å²) >= 11 is 0. The molecule has 2 saturated heterocycles. The average molecular weight is 394 g/mol. The molecule has 29 heavy (non-hydrogen) atoms. The lowest BCUT2D eigenvalue weighted by Gasteiger charge is -2.32. The van der Waals surface area contributed by atoms with Crippen LogP contribution in [0.5, 0.6) is 0 Å². The summed E-state index contributed by atoms with van der Waals surface area (Å²) in [6, 6.07) is 7.77. The molecule has 3 heterocycles. The summed E-state index contributed by atoms with van der Waals surface area (Å²) in [6.07, 6.45) is 3.47. The molecule has 2 aliphatic heterocycles. The molecular weight excluding hydrogens is 368 g/mol. The van der Waals surface area contributed by atoms with Crippen LogP contribution in [0.25, 0.3) is 0 Å². The molecule has 2 fully saturated rings. The van der Waals surface area contributed by atoms with E-state index in [1.807, 2.05) is 31.2 Å². The fourth-order valence-electron chi connectivity index (χ4n) is 3.66. The lowest BCUT2D eigenvalue weighted by Crippen LogP contribution is -2.45. The van der Waals surface area contributed by atoms with Crippen LogP contribution in [0.3, 0.4) is 0 Å². The maximum absolute atomic E-state index is 12.7. The molecule has 8 nitrogen and oxygen atoms in total. The summed E-state index contributed by atoms with van der Waals surface area (Å²) in [7, 11) is 2.10. The first-order valence-corrected chi connectivity index (χ1v) is 9.93. The smallest absolute Gasteiger partial charge is 0.229 e. The Morgan fingerprint density at radius 2 is 1.72 bits per heavy atom. The second kappa shape index (κ2) is 8.16. The third kappa shape index (κ3) is 4.37. The molecule has 2 aromatic rings. The van der Waals surface area contributed by atoms with Gasteiger partial charge in [-0.25, -0.2) is 9.97 Å². The minimum Gasteiger partial charge on any atom is -0.338 e. The molecule has 1 atom stereocenters. The van der Waals surface area contributed by atoms with Crippen LogP contribution in [0.2, 0.25) is 0 Å². The van der Waals surface area contributed by atoms with Crippen molar-refractivity contribution in [1.29, 1.82) is 0 Å². The Labute approximate surface area is 170 Å². The second-order valence-corrected chi connectivity index (χ2v) is 7.79. The van der Waals surface area contributed by atoms with Gasteiger partial charge in [0.15, 0.2) is 0 Å². The third-order valence-corrected chi connectivity index (χ3v) is 5.53. The van der Waals surface area contributed by atoms with Gasteiger partial charge in [0.05, 0.1) is 24.0 Å². The zero-order valence-electron chi connectivity index (χ0n) is 16.8. The quantitative estimate of drug-likeness (QED) is 0.847. The summed E-state index contributed by atoms with van der Waals surface area (Å²) in [5.41, 5.74) is 2.51. The number of piperazine rings is 1.